The minimum atomic E-state index is -0.481. The number of amides is 1. The molecule has 1 atom stereocenters. The van der Waals surface area contributed by atoms with Crippen molar-refractivity contribution >= 4 is 5.91 Å². The quantitative estimate of drug-likeness (QED) is 0.883. The molecule has 1 aliphatic rings. The highest BCUT2D eigenvalue weighted by Gasteiger charge is 2.25. The number of rotatable bonds is 5. The molecule has 1 aromatic heterocycles. The molecule has 2 heterocycles. The van der Waals surface area contributed by atoms with Crippen molar-refractivity contribution in [2.75, 3.05) is 32.7 Å². The fourth-order valence-electron chi connectivity index (χ4n) is 2.78. The summed E-state index contributed by atoms with van der Waals surface area (Å²) in [5, 5.41) is 0. The summed E-state index contributed by atoms with van der Waals surface area (Å²) in [7, 11) is 0. The smallest absolute Gasteiger partial charge is 0.255 e. The first-order valence-corrected chi connectivity index (χ1v) is 7.49. The van der Waals surface area contributed by atoms with Gasteiger partial charge in [0.05, 0.1) is 11.8 Å². The minimum Gasteiger partial charge on any atom is -0.336 e. The Morgan fingerprint density at radius 1 is 1.38 bits per heavy atom. The van der Waals surface area contributed by atoms with Crippen LogP contribution in [0.2, 0.25) is 0 Å². The van der Waals surface area contributed by atoms with Gasteiger partial charge in [0.25, 0.3) is 5.91 Å². The van der Waals surface area contributed by atoms with Crippen LogP contribution >= 0.6 is 0 Å². The van der Waals surface area contributed by atoms with Gasteiger partial charge in [-0.1, -0.05) is 13.3 Å². The third-order valence-corrected chi connectivity index (χ3v) is 3.96. The van der Waals surface area contributed by atoms with E-state index < -0.39 is 5.82 Å². The summed E-state index contributed by atoms with van der Waals surface area (Å²) >= 11 is 0. The van der Waals surface area contributed by atoms with Gasteiger partial charge in [-0.15, -0.1) is 0 Å². The van der Waals surface area contributed by atoms with Gasteiger partial charge in [-0.25, -0.2) is 4.39 Å². The van der Waals surface area contributed by atoms with E-state index >= 15 is 0 Å². The lowest BCUT2D eigenvalue weighted by Gasteiger charge is -2.39. The summed E-state index contributed by atoms with van der Waals surface area (Å²) in [6.45, 7) is 5.73. The lowest BCUT2D eigenvalue weighted by molar-refractivity contribution is 0.0565. The van der Waals surface area contributed by atoms with Gasteiger partial charge in [0, 0.05) is 45.0 Å². The average molecular weight is 294 g/mol. The van der Waals surface area contributed by atoms with Crippen LogP contribution in [0.5, 0.6) is 0 Å². The second-order valence-electron chi connectivity index (χ2n) is 5.40. The van der Waals surface area contributed by atoms with E-state index in [1.54, 1.807) is 4.90 Å². The molecular formula is C15H23FN4O. The minimum absolute atomic E-state index is 0.151. The predicted molar refractivity (Wildman–Crippen MR) is 79.4 cm³/mol. The molecule has 0 aromatic carbocycles. The van der Waals surface area contributed by atoms with Crippen LogP contribution in [0.25, 0.3) is 0 Å². The van der Waals surface area contributed by atoms with Crippen molar-refractivity contribution in [1.29, 1.82) is 0 Å². The Morgan fingerprint density at radius 2 is 2.10 bits per heavy atom. The van der Waals surface area contributed by atoms with Crippen molar-refractivity contribution in [3.63, 3.8) is 0 Å². The Hall–Kier alpha value is -1.53. The summed E-state index contributed by atoms with van der Waals surface area (Å²) in [6, 6.07) is 1.63. The lowest BCUT2D eigenvalue weighted by Crippen LogP contribution is -2.53. The van der Waals surface area contributed by atoms with Gasteiger partial charge in [-0.05, 0) is 12.5 Å². The van der Waals surface area contributed by atoms with Crippen LogP contribution in [-0.2, 0) is 0 Å². The Balaban J connectivity index is 1.93. The van der Waals surface area contributed by atoms with E-state index in [2.05, 4.69) is 16.8 Å². The summed E-state index contributed by atoms with van der Waals surface area (Å²) < 4.78 is 13.1. The fraction of sp³-hybridized carbons (Fsp3) is 0.600. The van der Waals surface area contributed by atoms with Crippen molar-refractivity contribution < 1.29 is 9.18 Å². The Labute approximate surface area is 124 Å². The summed E-state index contributed by atoms with van der Waals surface area (Å²) in [5.74, 6) is -0.632. The van der Waals surface area contributed by atoms with Crippen molar-refractivity contribution in [2.45, 2.75) is 25.8 Å². The van der Waals surface area contributed by atoms with Gasteiger partial charge < -0.3 is 10.6 Å². The molecule has 6 heteroatoms. The van der Waals surface area contributed by atoms with Crippen LogP contribution < -0.4 is 5.73 Å². The number of nitrogens with two attached hydrogens (primary N) is 1. The first-order valence-electron chi connectivity index (χ1n) is 7.49. The number of carbonyl (C=O) groups excluding carboxylic acids is 1. The normalized spacial score (nSPS) is 17.8. The zero-order valence-corrected chi connectivity index (χ0v) is 12.5. The number of hydrogen-bond acceptors (Lipinski definition) is 4. The molecule has 1 saturated heterocycles. The maximum Gasteiger partial charge on any atom is 0.255 e. The highest BCUT2D eigenvalue weighted by molar-refractivity contribution is 5.94. The molecule has 21 heavy (non-hydrogen) atoms. The predicted octanol–water partition coefficient (Wildman–Crippen LogP) is 1.11. The zero-order chi connectivity index (χ0) is 15.2. The van der Waals surface area contributed by atoms with Crippen LogP contribution in [0.1, 0.15) is 30.1 Å². The second-order valence-corrected chi connectivity index (χ2v) is 5.40. The van der Waals surface area contributed by atoms with E-state index in [9.17, 15) is 9.18 Å². The lowest BCUT2D eigenvalue weighted by atomic mass is 10.1. The number of piperazine rings is 1. The number of aromatic nitrogens is 1. The molecule has 0 bridgehead atoms. The van der Waals surface area contributed by atoms with Crippen LogP contribution in [0.3, 0.4) is 0 Å². The fourth-order valence-corrected chi connectivity index (χ4v) is 2.78. The van der Waals surface area contributed by atoms with E-state index in [1.165, 1.54) is 12.3 Å². The van der Waals surface area contributed by atoms with Gasteiger partial charge in [0.1, 0.15) is 5.82 Å². The molecule has 116 valence electrons. The highest BCUT2D eigenvalue weighted by atomic mass is 19.1. The van der Waals surface area contributed by atoms with Crippen molar-refractivity contribution in [3.05, 3.63) is 29.8 Å². The van der Waals surface area contributed by atoms with Crippen molar-refractivity contribution in [1.82, 2.24) is 14.8 Å². The maximum atomic E-state index is 13.1. The number of carbonyl (C=O) groups is 1. The number of pyridine rings is 1. The number of hydrogen-bond donors (Lipinski definition) is 1. The molecule has 1 amide bonds. The topological polar surface area (TPSA) is 62.5 Å². The number of halogens is 1. The highest BCUT2D eigenvalue weighted by Crippen LogP contribution is 2.13. The first-order chi connectivity index (χ1) is 10.2. The molecule has 0 aliphatic carbocycles. The Kier molecular flexibility index (Phi) is 5.64. The van der Waals surface area contributed by atoms with Gasteiger partial charge in [0.15, 0.2) is 0 Å². The van der Waals surface area contributed by atoms with E-state index in [-0.39, 0.29) is 5.91 Å². The van der Waals surface area contributed by atoms with E-state index in [4.69, 9.17) is 5.73 Å². The van der Waals surface area contributed by atoms with Gasteiger partial charge in [0.2, 0.25) is 0 Å². The Morgan fingerprint density at radius 3 is 2.67 bits per heavy atom. The molecule has 1 aliphatic heterocycles. The second kappa shape index (κ2) is 7.47. The first kappa shape index (κ1) is 15.9. The zero-order valence-electron chi connectivity index (χ0n) is 12.5. The molecule has 0 radical (unpaired) electrons. The molecule has 0 spiro atoms. The molecule has 2 N–H and O–H groups in total. The van der Waals surface area contributed by atoms with Gasteiger partial charge in [-0.3, -0.25) is 14.7 Å². The maximum absolute atomic E-state index is 13.1. The molecule has 1 fully saturated rings. The number of nitrogens with zero attached hydrogens (tertiary/aromatic N) is 3. The molecule has 1 aromatic rings. The van der Waals surface area contributed by atoms with Crippen LogP contribution in [0.4, 0.5) is 4.39 Å². The van der Waals surface area contributed by atoms with E-state index in [0.717, 1.165) is 32.1 Å². The Bertz CT molecular complexity index is 474. The molecular weight excluding hydrogens is 271 g/mol. The third kappa shape index (κ3) is 3.98. The molecule has 1 unspecified atom stereocenters. The van der Waals surface area contributed by atoms with Crippen molar-refractivity contribution in [3.8, 4) is 0 Å². The van der Waals surface area contributed by atoms with Gasteiger partial charge in [-0.2, -0.15) is 0 Å². The van der Waals surface area contributed by atoms with Crippen LogP contribution in [0.15, 0.2) is 18.5 Å². The summed E-state index contributed by atoms with van der Waals surface area (Å²) in [4.78, 5) is 20.1. The van der Waals surface area contributed by atoms with Crippen molar-refractivity contribution in [2.24, 2.45) is 5.73 Å². The summed E-state index contributed by atoms with van der Waals surface area (Å²) in [5.41, 5.74) is 6.13. The molecule has 0 saturated carbocycles. The third-order valence-electron chi connectivity index (χ3n) is 3.96. The molecule has 2 rings (SSSR count). The summed E-state index contributed by atoms with van der Waals surface area (Å²) in [6.07, 6.45) is 4.71. The van der Waals surface area contributed by atoms with Crippen LogP contribution in [-0.4, -0.2) is 59.5 Å². The largest absolute Gasteiger partial charge is 0.336 e. The molecule has 5 nitrogen and oxygen atoms in total. The van der Waals surface area contributed by atoms with Gasteiger partial charge >= 0.3 is 0 Å². The van der Waals surface area contributed by atoms with Crippen LogP contribution in [0, 0.1) is 5.82 Å². The monoisotopic (exact) mass is 294 g/mol. The SMILES string of the molecule is CCCC(CN)N1CCN(C(=O)c2cncc(F)c2)CC1. The standard InChI is InChI=1S/C15H23FN4O/c1-2-3-14(9-17)19-4-6-20(7-5-19)15(21)12-8-13(16)11-18-10-12/h8,10-11,14H,2-7,9,17H2,1H3. The van der Waals surface area contributed by atoms with E-state index in [0.29, 0.717) is 31.2 Å². The van der Waals surface area contributed by atoms with E-state index in [1.807, 2.05) is 0 Å². The average Bonchev–Trinajstić information content (AvgIpc) is 2.52.